The molecule has 2 nitrogen and oxygen atoms in total. The highest BCUT2D eigenvalue weighted by molar-refractivity contribution is 7.10. The maximum atomic E-state index is 5.58. The number of ether oxygens (including phenoxy) is 1. The molecule has 0 fully saturated rings. The van der Waals surface area contributed by atoms with Crippen molar-refractivity contribution in [3.8, 4) is 5.75 Å². The molecule has 112 valence electrons. The van der Waals surface area contributed by atoms with Gasteiger partial charge in [-0.15, -0.1) is 11.3 Å². The number of rotatable bonds is 7. The highest BCUT2D eigenvalue weighted by atomic mass is 32.1. The number of thiophene rings is 1. The van der Waals surface area contributed by atoms with Crippen LogP contribution in [0, 0.1) is 0 Å². The molecule has 1 aromatic heterocycles. The maximum Gasteiger partial charge on any atom is 0.122 e. The standard InChI is InChI=1S/C18H23NOS/c1-2-10-19-16(18-4-3-12-21-18)7-5-14-6-8-17-15(13-14)9-11-20-17/h3-4,6,8,12-13,16,19H,2,5,7,9-11H2,1H3. The van der Waals surface area contributed by atoms with E-state index in [2.05, 4.69) is 48.0 Å². The monoisotopic (exact) mass is 301 g/mol. The first kappa shape index (κ1) is 14.6. The highest BCUT2D eigenvalue weighted by Gasteiger charge is 2.14. The van der Waals surface area contributed by atoms with Crippen molar-refractivity contribution < 1.29 is 4.74 Å². The zero-order valence-corrected chi connectivity index (χ0v) is 13.4. The Bertz CT molecular complexity index is 565. The normalized spacial score (nSPS) is 14.7. The minimum Gasteiger partial charge on any atom is -0.493 e. The molecule has 2 heterocycles. The summed E-state index contributed by atoms with van der Waals surface area (Å²) >= 11 is 1.85. The Kier molecular flexibility index (Phi) is 4.94. The number of aryl methyl sites for hydroxylation is 1. The Hall–Kier alpha value is -1.32. The van der Waals surface area contributed by atoms with E-state index in [1.54, 1.807) is 0 Å². The molecule has 0 saturated heterocycles. The van der Waals surface area contributed by atoms with Crippen molar-refractivity contribution in [2.45, 2.75) is 38.6 Å². The van der Waals surface area contributed by atoms with Crippen LogP contribution < -0.4 is 10.1 Å². The molecule has 1 unspecified atom stereocenters. The SMILES string of the molecule is CCCNC(CCc1ccc2c(c1)CCO2)c1cccs1. The van der Waals surface area contributed by atoms with Crippen molar-refractivity contribution in [2.75, 3.05) is 13.2 Å². The molecule has 0 amide bonds. The number of fused-ring (bicyclic) bond motifs is 1. The van der Waals surface area contributed by atoms with Crippen LogP contribution in [0.25, 0.3) is 0 Å². The minimum atomic E-state index is 0.481. The number of hydrogen-bond donors (Lipinski definition) is 1. The first-order valence-electron chi connectivity index (χ1n) is 7.88. The van der Waals surface area contributed by atoms with Gasteiger partial charge in [0, 0.05) is 17.3 Å². The zero-order chi connectivity index (χ0) is 14.5. The molecule has 1 N–H and O–H groups in total. The van der Waals surface area contributed by atoms with Gasteiger partial charge in [-0.05, 0) is 54.4 Å². The van der Waals surface area contributed by atoms with E-state index in [4.69, 9.17) is 4.74 Å². The van der Waals surface area contributed by atoms with Crippen LogP contribution in [-0.4, -0.2) is 13.2 Å². The summed E-state index contributed by atoms with van der Waals surface area (Å²) in [6.07, 6.45) is 4.51. The fourth-order valence-corrected chi connectivity index (χ4v) is 3.70. The van der Waals surface area contributed by atoms with Gasteiger partial charge in [0.1, 0.15) is 5.75 Å². The van der Waals surface area contributed by atoms with Gasteiger partial charge in [-0.2, -0.15) is 0 Å². The number of benzene rings is 1. The summed E-state index contributed by atoms with van der Waals surface area (Å²) in [6.45, 7) is 4.15. The van der Waals surface area contributed by atoms with E-state index < -0.39 is 0 Å². The summed E-state index contributed by atoms with van der Waals surface area (Å²) in [5.74, 6) is 1.08. The molecule has 0 bridgehead atoms. The van der Waals surface area contributed by atoms with Crippen molar-refractivity contribution in [2.24, 2.45) is 0 Å². The molecule has 1 aliphatic heterocycles. The molecule has 1 aliphatic rings. The lowest BCUT2D eigenvalue weighted by Gasteiger charge is -2.17. The summed E-state index contributed by atoms with van der Waals surface area (Å²) in [6, 6.07) is 11.6. The fourth-order valence-electron chi connectivity index (χ4n) is 2.86. The second kappa shape index (κ2) is 7.10. The Balaban J connectivity index is 1.63. The van der Waals surface area contributed by atoms with Crippen LogP contribution in [0.4, 0.5) is 0 Å². The summed E-state index contributed by atoms with van der Waals surface area (Å²) in [7, 11) is 0. The summed E-state index contributed by atoms with van der Waals surface area (Å²) < 4.78 is 5.58. The molecule has 0 spiro atoms. The van der Waals surface area contributed by atoms with E-state index in [9.17, 15) is 0 Å². The van der Waals surface area contributed by atoms with Crippen LogP contribution in [-0.2, 0) is 12.8 Å². The van der Waals surface area contributed by atoms with Gasteiger partial charge >= 0.3 is 0 Å². The first-order chi connectivity index (χ1) is 10.4. The van der Waals surface area contributed by atoms with Gasteiger partial charge in [0.25, 0.3) is 0 Å². The van der Waals surface area contributed by atoms with Crippen molar-refractivity contribution in [3.63, 3.8) is 0 Å². The molecule has 0 saturated carbocycles. The Morgan fingerprint density at radius 1 is 1.33 bits per heavy atom. The second-order valence-electron chi connectivity index (χ2n) is 5.60. The predicted octanol–water partition coefficient (Wildman–Crippen LogP) is 4.36. The maximum absolute atomic E-state index is 5.58. The van der Waals surface area contributed by atoms with Crippen LogP contribution in [0.5, 0.6) is 5.75 Å². The van der Waals surface area contributed by atoms with Gasteiger partial charge < -0.3 is 10.1 Å². The number of hydrogen-bond acceptors (Lipinski definition) is 3. The van der Waals surface area contributed by atoms with Crippen LogP contribution in [0.2, 0.25) is 0 Å². The van der Waals surface area contributed by atoms with Gasteiger partial charge in [0.2, 0.25) is 0 Å². The highest BCUT2D eigenvalue weighted by Crippen LogP contribution is 2.28. The van der Waals surface area contributed by atoms with Crippen LogP contribution in [0.15, 0.2) is 35.7 Å². The number of nitrogens with one attached hydrogen (secondary N) is 1. The van der Waals surface area contributed by atoms with Crippen LogP contribution in [0.1, 0.15) is 41.8 Å². The van der Waals surface area contributed by atoms with E-state index in [1.165, 1.54) is 22.4 Å². The molecule has 3 heteroatoms. The van der Waals surface area contributed by atoms with Crippen molar-refractivity contribution >= 4 is 11.3 Å². The minimum absolute atomic E-state index is 0.481. The van der Waals surface area contributed by atoms with Gasteiger partial charge in [-0.1, -0.05) is 25.1 Å². The topological polar surface area (TPSA) is 21.3 Å². The summed E-state index contributed by atoms with van der Waals surface area (Å²) in [5, 5.41) is 5.85. The molecule has 0 radical (unpaired) electrons. The predicted molar refractivity (Wildman–Crippen MR) is 89.3 cm³/mol. The van der Waals surface area contributed by atoms with E-state index in [1.807, 2.05) is 11.3 Å². The van der Waals surface area contributed by atoms with Crippen LogP contribution in [0.3, 0.4) is 0 Å². The molecular formula is C18H23NOS. The first-order valence-corrected chi connectivity index (χ1v) is 8.76. The molecule has 2 aromatic rings. The smallest absolute Gasteiger partial charge is 0.122 e. The van der Waals surface area contributed by atoms with E-state index in [0.717, 1.165) is 38.2 Å². The molecule has 1 atom stereocenters. The third-order valence-electron chi connectivity index (χ3n) is 4.00. The van der Waals surface area contributed by atoms with Gasteiger partial charge in [0.15, 0.2) is 0 Å². The third-order valence-corrected chi connectivity index (χ3v) is 4.99. The summed E-state index contributed by atoms with van der Waals surface area (Å²) in [4.78, 5) is 1.45. The molecule has 0 aliphatic carbocycles. The van der Waals surface area contributed by atoms with Crippen molar-refractivity contribution in [1.82, 2.24) is 5.32 Å². The van der Waals surface area contributed by atoms with Crippen molar-refractivity contribution in [1.29, 1.82) is 0 Å². The quantitative estimate of drug-likeness (QED) is 0.820. The van der Waals surface area contributed by atoms with Gasteiger partial charge in [-0.3, -0.25) is 0 Å². The molecule has 3 rings (SSSR count). The zero-order valence-electron chi connectivity index (χ0n) is 12.6. The van der Waals surface area contributed by atoms with E-state index in [-0.39, 0.29) is 0 Å². The molecule has 21 heavy (non-hydrogen) atoms. The van der Waals surface area contributed by atoms with Crippen molar-refractivity contribution in [3.05, 3.63) is 51.7 Å². The molecular weight excluding hydrogens is 278 g/mol. The Morgan fingerprint density at radius 2 is 2.29 bits per heavy atom. The third kappa shape index (κ3) is 3.66. The van der Waals surface area contributed by atoms with Gasteiger partial charge in [-0.25, -0.2) is 0 Å². The average Bonchev–Trinajstić information content (AvgIpc) is 3.18. The Morgan fingerprint density at radius 3 is 3.10 bits per heavy atom. The lowest BCUT2D eigenvalue weighted by atomic mass is 10.0. The van der Waals surface area contributed by atoms with E-state index >= 15 is 0 Å². The second-order valence-corrected chi connectivity index (χ2v) is 6.58. The lowest BCUT2D eigenvalue weighted by Crippen LogP contribution is -2.21. The summed E-state index contributed by atoms with van der Waals surface area (Å²) in [5.41, 5.74) is 2.81. The average molecular weight is 301 g/mol. The molecule has 1 aromatic carbocycles. The largest absolute Gasteiger partial charge is 0.493 e. The Labute approximate surface area is 131 Å². The van der Waals surface area contributed by atoms with Gasteiger partial charge in [0.05, 0.1) is 6.61 Å². The lowest BCUT2D eigenvalue weighted by molar-refractivity contribution is 0.357. The fraction of sp³-hybridized carbons (Fsp3) is 0.444. The van der Waals surface area contributed by atoms with Crippen LogP contribution >= 0.6 is 11.3 Å². The van der Waals surface area contributed by atoms with E-state index in [0.29, 0.717) is 6.04 Å².